The Morgan fingerprint density at radius 2 is 1.19 bits per heavy atom. The summed E-state index contributed by atoms with van der Waals surface area (Å²) in [5.74, 6) is 1.43. The molecule has 0 radical (unpaired) electrons. The van der Waals surface area contributed by atoms with Gasteiger partial charge in [0, 0.05) is 6.42 Å². The van der Waals surface area contributed by atoms with Crippen LogP contribution in [-0.4, -0.2) is 5.78 Å². The van der Waals surface area contributed by atoms with E-state index in [0.29, 0.717) is 5.78 Å². The fraction of sp³-hybridized carbons (Fsp3) is 0.950. The fourth-order valence-electron chi connectivity index (χ4n) is 3.70. The van der Waals surface area contributed by atoms with Crippen LogP contribution in [0.15, 0.2) is 0 Å². The molecule has 0 saturated heterocycles. The average molecular weight is 295 g/mol. The zero-order chi connectivity index (χ0) is 15.2. The van der Waals surface area contributed by atoms with Crippen LogP contribution < -0.4 is 0 Å². The SMILES string of the molecule is CC(=O)CCCCCCCCCCCCC1CCCCC1. The van der Waals surface area contributed by atoms with Crippen molar-refractivity contribution in [1.82, 2.24) is 0 Å². The summed E-state index contributed by atoms with van der Waals surface area (Å²) < 4.78 is 0. The first-order valence-corrected chi connectivity index (χ1v) is 9.78. The van der Waals surface area contributed by atoms with Crippen molar-refractivity contribution in [3.8, 4) is 0 Å². The van der Waals surface area contributed by atoms with Crippen LogP contribution in [0.1, 0.15) is 116 Å². The predicted octanol–water partition coefficient (Wildman–Crippen LogP) is 6.84. The van der Waals surface area contributed by atoms with E-state index in [1.807, 2.05) is 0 Å². The Kier molecular flexibility index (Phi) is 11.9. The van der Waals surface area contributed by atoms with Crippen LogP contribution in [0.2, 0.25) is 0 Å². The highest BCUT2D eigenvalue weighted by atomic mass is 16.1. The third-order valence-corrected chi connectivity index (χ3v) is 5.12. The Hall–Kier alpha value is -0.330. The van der Waals surface area contributed by atoms with Gasteiger partial charge in [-0.2, -0.15) is 0 Å². The molecular formula is C20H38O. The molecule has 124 valence electrons. The fourth-order valence-corrected chi connectivity index (χ4v) is 3.70. The van der Waals surface area contributed by atoms with E-state index < -0.39 is 0 Å². The van der Waals surface area contributed by atoms with E-state index in [2.05, 4.69) is 0 Å². The van der Waals surface area contributed by atoms with E-state index in [-0.39, 0.29) is 0 Å². The molecule has 0 aliphatic heterocycles. The molecular weight excluding hydrogens is 256 g/mol. The van der Waals surface area contributed by atoms with Crippen molar-refractivity contribution in [1.29, 1.82) is 0 Å². The van der Waals surface area contributed by atoms with Crippen molar-refractivity contribution in [3.05, 3.63) is 0 Å². The molecule has 0 heterocycles. The average Bonchev–Trinajstić information content (AvgIpc) is 2.49. The Bertz CT molecular complexity index is 240. The van der Waals surface area contributed by atoms with Crippen molar-refractivity contribution in [2.24, 2.45) is 5.92 Å². The number of hydrogen-bond acceptors (Lipinski definition) is 1. The van der Waals surface area contributed by atoms with E-state index in [4.69, 9.17) is 0 Å². The topological polar surface area (TPSA) is 17.1 Å². The Labute approximate surface area is 133 Å². The van der Waals surface area contributed by atoms with E-state index in [9.17, 15) is 4.79 Å². The van der Waals surface area contributed by atoms with Crippen molar-refractivity contribution < 1.29 is 4.79 Å². The molecule has 0 aromatic rings. The van der Waals surface area contributed by atoms with Gasteiger partial charge in [-0.3, -0.25) is 0 Å². The summed E-state index contributed by atoms with van der Waals surface area (Å²) in [5.41, 5.74) is 0. The molecule has 0 amide bonds. The van der Waals surface area contributed by atoms with Gasteiger partial charge in [0.15, 0.2) is 0 Å². The number of hydrogen-bond donors (Lipinski definition) is 0. The molecule has 0 aromatic carbocycles. The Morgan fingerprint density at radius 1 is 0.714 bits per heavy atom. The van der Waals surface area contributed by atoms with Gasteiger partial charge in [-0.05, 0) is 19.3 Å². The van der Waals surface area contributed by atoms with Gasteiger partial charge in [-0.1, -0.05) is 96.3 Å². The molecule has 1 rings (SSSR count). The van der Waals surface area contributed by atoms with Crippen LogP contribution in [0, 0.1) is 5.92 Å². The number of rotatable bonds is 13. The highest BCUT2D eigenvalue weighted by Crippen LogP contribution is 2.28. The quantitative estimate of drug-likeness (QED) is 0.340. The maximum atomic E-state index is 10.8. The molecule has 21 heavy (non-hydrogen) atoms. The normalized spacial score (nSPS) is 16.2. The highest BCUT2D eigenvalue weighted by molar-refractivity contribution is 5.75. The maximum absolute atomic E-state index is 10.8. The molecule has 1 fully saturated rings. The second-order valence-electron chi connectivity index (χ2n) is 7.28. The first kappa shape index (κ1) is 18.7. The van der Waals surface area contributed by atoms with Crippen LogP contribution in [0.25, 0.3) is 0 Å². The smallest absolute Gasteiger partial charge is 0.129 e. The zero-order valence-corrected chi connectivity index (χ0v) is 14.5. The van der Waals surface area contributed by atoms with Crippen LogP contribution in [0.3, 0.4) is 0 Å². The van der Waals surface area contributed by atoms with E-state index in [1.54, 1.807) is 6.92 Å². The van der Waals surface area contributed by atoms with E-state index in [1.165, 1.54) is 96.3 Å². The van der Waals surface area contributed by atoms with E-state index >= 15 is 0 Å². The summed E-state index contributed by atoms with van der Waals surface area (Å²) in [6.45, 7) is 1.70. The number of ketones is 1. The van der Waals surface area contributed by atoms with Crippen molar-refractivity contribution in [2.45, 2.75) is 116 Å². The molecule has 1 saturated carbocycles. The molecule has 0 N–H and O–H groups in total. The molecule has 0 unspecified atom stereocenters. The summed E-state index contributed by atoms with van der Waals surface area (Å²) in [4.78, 5) is 10.8. The molecule has 1 aliphatic carbocycles. The lowest BCUT2D eigenvalue weighted by Gasteiger charge is -2.21. The minimum Gasteiger partial charge on any atom is -0.300 e. The molecule has 1 nitrogen and oxygen atoms in total. The van der Waals surface area contributed by atoms with Crippen LogP contribution in [0.4, 0.5) is 0 Å². The molecule has 0 aromatic heterocycles. The summed E-state index contributed by atoms with van der Waals surface area (Å²) >= 11 is 0. The summed E-state index contributed by atoms with van der Waals surface area (Å²) in [6.07, 6.45) is 23.6. The van der Waals surface area contributed by atoms with Crippen molar-refractivity contribution >= 4 is 5.78 Å². The number of Topliss-reactive ketones (excluding diaryl/α,β-unsaturated/α-hetero) is 1. The first-order valence-electron chi connectivity index (χ1n) is 9.78. The Balaban J connectivity index is 1.71. The highest BCUT2D eigenvalue weighted by Gasteiger charge is 2.12. The summed E-state index contributed by atoms with van der Waals surface area (Å²) in [6, 6.07) is 0. The van der Waals surface area contributed by atoms with Crippen LogP contribution >= 0.6 is 0 Å². The van der Waals surface area contributed by atoms with Crippen molar-refractivity contribution in [3.63, 3.8) is 0 Å². The van der Waals surface area contributed by atoms with Gasteiger partial charge in [0.1, 0.15) is 5.78 Å². The van der Waals surface area contributed by atoms with Gasteiger partial charge >= 0.3 is 0 Å². The second kappa shape index (κ2) is 13.3. The molecule has 0 atom stereocenters. The third-order valence-electron chi connectivity index (χ3n) is 5.12. The summed E-state index contributed by atoms with van der Waals surface area (Å²) in [7, 11) is 0. The minimum absolute atomic E-state index is 0.350. The maximum Gasteiger partial charge on any atom is 0.129 e. The van der Waals surface area contributed by atoms with Gasteiger partial charge < -0.3 is 4.79 Å². The number of carbonyl (C=O) groups excluding carboxylic acids is 1. The standard InChI is InChI=1S/C20H38O/c1-19(21)15-11-8-6-4-2-3-5-7-9-12-16-20-17-13-10-14-18-20/h20H,2-18H2,1H3. The lowest BCUT2D eigenvalue weighted by Crippen LogP contribution is -2.05. The molecule has 0 spiro atoms. The summed E-state index contributed by atoms with van der Waals surface area (Å²) in [5, 5.41) is 0. The van der Waals surface area contributed by atoms with E-state index in [0.717, 1.165) is 18.8 Å². The van der Waals surface area contributed by atoms with Gasteiger partial charge in [-0.25, -0.2) is 0 Å². The molecule has 1 aliphatic rings. The molecule has 1 heteroatoms. The van der Waals surface area contributed by atoms with Gasteiger partial charge in [0.2, 0.25) is 0 Å². The number of unbranched alkanes of at least 4 members (excludes halogenated alkanes) is 9. The van der Waals surface area contributed by atoms with Gasteiger partial charge in [-0.15, -0.1) is 0 Å². The largest absolute Gasteiger partial charge is 0.300 e. The Morgan fingerprint density at radius 3 is 1.71 bits per heavy atom. The van der Waals surface area contributed by atoms with Crippen LogP contribution in [-0.2, 0) is 4.79 Å². The minimum atomic E-state index is 0.350. The van der Waals surface area contributed by atoms with Crippen molar-refractivity contribution in [2.75, 3.05) is 0 Å². The third kappa shape index (κ3) is 12.0. The molecule has 0 bridgehead atoms. The predicted molar refractivity (Wildman–Crippen MR) is 92.7 cm³/mol. The number of carbonyl (C=O) groups is 1. The van der Waals surface area contributed by atoms with Gasteiger partial charge in [0.25, 0.3) is 0 Å². The lowest BCUT2D eigenvalue weighted by atomic mass is 9.85. The van der Waals surface area contributed by atoms with Crippen LogP contribution in [0.5, 0.6) is 0 Å². The zero-order valence-electron chi connectivity index (χ0n) is 14.5. The lowest BCUT2D eigenvalue weighted by molar-refractivity contribution is -0.117. The monoisotopic (exact) mass is 294 g/mol. The first-order chi connectivity index (χ1) is 10.3. The van der Waals surface area contributed by atoms with Gasteiger partial charge in [0.05, 0.1) is 0 Å². The second-order valence-corrected chi connectivity index (χ2v) is 7.28.